The third-order valence-electron chi connectivity index (χ3n) is 6.37. The Kier molecular flexibility index (Phi) is 6.09. The molecular formula is C24H29N3O4S. The SMILES string of the molecule is Cc1ccc(NC(=O)CN(C)S(=O)(=O)c2ccc3c(c2)C[C@@H](C)N3C(=O)C2CCC2)cc1. The first-order chi connectivity index (χ1) is 15.2. The minimum atomic E-state index is -3.85. The normalized spacial score (nSPS) is 18.4. The molecule has 1 aliphatic heterocycles. The molecule has 1 fully saturated rings. The van der Waals surface area contributed by atoms with E-state index in [2.05, 4.69) is 5.32 Å². The second kappa shape index (κ2) is 8.67. The van der Waals surface area contributed by atoms with Crippen molar-refractivity contribution in [1.82, 2.24) is 4.31 Å². The average Bonchev–Trinajstić information content (AvgIpc) is 3.03. The molecule has 2 aromatic carbocycles. The van der Waals surface area contributed by atoms with Gasteiger partial charge in [0, 0.05) is 30.4 Å². The molecule has 1 aliphatic carbocycles. The van der Waals surface area contributed by atoms with E-state index in [0.29, 0.717) is 12.1 Å². The Morgan fingerprint density at radius 1 is 1.12 bits per heavy atom. The number of rotatable bonds is 6. The minimum Gasteiger partial charge on any atom is -0.325 e. The van der Waals surface area contributed by atoms with Gasteiger partial charge in [0.1, 0.15) is 0 Å². The van der Waals surface area contributed by atoms with E-state index in [-0.39, 0.29) is 29.3 Å². The summed E-state index contributed by atoms with van der Waals surface area (Å²) in [6.45, 7) is 3.65. The van der Waals surface area contributed by atoms with E-state index in [1.165, 1.54) is 13.1 Å². The minimum absolute atomic E-state index is 0.00840. The molecule has 1 N–H and O–H groups in total. The number of amides is 2. The fraction of sp³-hybridized carbons (Fsp3) is 0.417. The number of carbonyl (C=O) groups is 2. The molecule has 1 saturated carbocycles. The van der Waals surface area contributed by atoms with Gasteiger partial charge in [0.05, 0.1) is 11.4 Å². The summed E-state index contributed by atoms with van der Waals surface area (Å²) in [5, 5.41) is 2.72. The molecule has 0 radical (unpaired) electrons. The van der Waals surface area contributed by atoms with Crippen molar-refractivity contribution in [2.24, 2.45) is 5.92 Å². The van der Waals surface area contributed by atoms with Crippen molar-refractivity contribution in [2.45, 2.75) is 50.5 Å². The molecule has 0 aromatic heterocycles. The maximum atomic E-state index is 13.1. The molecule has 170 valence electrons. The molecule has 8 heteroatoms. The van der Waals surface area contributed by atoms with Crippen LogP contribution in [0.4, 0.5) is 11.4 Å². The second-order valence-electron chi connectivity index (χ2n) is 8.86. The Balaban J connectivity index is 1.48. The van der Waals surface area contributed by atoms with Crippen LogP contribution in [0.15, 0.2) is 47.4 Å². The molecule has 2 amide bonds. The van der Waals surface area contributed by atoms with Gasteiger partial charge in [-0.05, 0) is 69.0 Å². The van der Waals surface area contributed by atoms with E-state index in [1.54, 1.807) is 24.3 Å². The Morgan fingerprint density at radius 3 is 2.44 bits per heavy atom. The Hall–Kier alpha value is -2.71. The highest BCUT2D eigenvalue weighted by Gasteiger charge is 2.37. The molecule has 2 aromatic rings. The molecule has 1 heterocycles. The summed E-state index contributed by atoms with van der Waals surface area (Å²) in [7, 11) is -2.46. The van der Waals surface area contributed by atoms with E-state index >= 15 is 0 Å². The van der Waals surface area contributed by atoms with Crippen LogP contribution in [0.5, 0.6) is 0 Å². The molecule has 32 heavy (non-hydrogen) atoms. The van der Waals surface area contributed by atoms with E-state index in [4.69, 9.17) is 0 Å². The van der Waals surface area contributed by atoms with Crippen molar-refractivity contribution in [3.63, 3.8) is 0 Å². The summed E-state index contributed by atoms with van der Waals surface area (Å²) in [5.41, 5.74) is 3.34. The van der Waals surface area contributed by atoms with Crippen LogP contribution in [0.1, 0.15) is 37.3 Å². The smallest absolute Gasteiger partial charge is 0.243 e. The number of hydrogen-bond acceptors (Lipinski definition) is 4. The fourth-order valence-corrected chi connectivity index (χ4v) is 5.44. The van der Waals surface area contributed by atoms with Crippen molar-refractivity contribution in [2.75, 3.05) is 23.8 Å². The van der Waals surface area contributed by atoms with Crippen LogP contribution < -0.4 is 10.2 Å². The standard InChI is InChI=1S/C24H29N3O4S/c1-16-7-9-20(10-8-16)25-23(28)15-26(3)32(30,31)21-11-12-22-19(14-21)13-17(2)27(22)24(29)18-5-4-6-18/h7-12,14,17-18H,4-6,13,15H2,1-3H3,(H,25,28)/t17-/m1/s1. The number of nitrogens with one attached hydrogen (secondary N) is 1. The molecule has 0 bridgehead atoms. The van der Waals surface area contributed by atoms with Gasteiger partial charge in [-0.2, -0.15) is 4.31 Å². The average molecular weight is 456 g/mol. The topological polar surface area (TPSA) is 86.8 Å². The Bertz CT molecular complexity index is 1140. The number of likely N-dealkylation sites (N-methyl/N-ethyl adjacent to an activating group) is 1. The van der Waals surface area contributed by atoms with Crippen LogP contribution >= 0.6 is 0 Å². The summed E-state index contributed by atoms with van der Waals surface area (Å²) in [6.07, 6.45) is 3.57. The molecule has 4 rings (SSSR count). The zero-order valence-corrected chi connectivity index (χ0v) is 19.5. The molecular weight excluding hydrogens is 426 g/mol. The number of hydrogen-bond donors (Lipinski definition) is 1. The van der Waals surface area contributed by atoms with Crippen molar-refractivity contribution < 1.29 is 18.0 Å². The number of sulfonamides is 1. The van der Waals surface area contributed by atoms with Gasteiger partial charge < -0.3 is 10.2 Å². The lowest BCUT2D eigenvalue weighted by Gasteiger charge is -2.32. The second-order valence-corrected chi connectivity index (χ2v) is 10.9. The summed E-state index contributed by atoms with van der Waals surface area (Å²) in [4.78, 5) is 27.2. The van der Waals surface area contributed by atoms with Gasteiger partial charge in [-0.25, -0.2) is 8.42 Å². The van der Waals surface area contributed by atoms with Crippen molar-refractivity contribution in [3.8, 4) is 0 Å². The highest BCUT2D eigenvalue weighted by molar-refractivity contribution is 7.89. The lowest BCUT2D eigenvalue weighted by atomic mass is 9.84. The number of aryl methyl sites for hydroxylation is 1. The van der Waals surface area contributed by atoms with Crippen LogP contribution in [-0.4, -0.2) is 44.2 Å². The highest BCUT2D eigenvalue weighted by Crippen LogP contribution is 2.38. The predicted octanol–water partition coefficient (Wildman–Crippen LogP) is 3.33. The van der Waals surface area contributed by atoms with Crippen molar-refractivity contribution in [1.29, 1.82) is 0 Å². The first kappa shape index (κ1) is 22.5. The van der Waals surface area contributed by atoms with Crippen molar-refractivity contribution in [3.05, 3.63) is 53.6 Å². The fourth-order valence-electron chi connectivity index (χ4n) is 4.26. The summed E-state index contributed by atoms with van der Waals surface area (Å²) < 4.78 is 27.2. The van der Waals surface area contributed by atoms with Gasteiger partial charge in [0.25, 0.3) is 0 Å². The molecule has 1 atom stereocenters. The number of benzene rings is 2. The molecule has 7 nitrogen and oxygen atoms in total. The quantitative estimate of drug-likeness (QED) is 0.724. The van der Waals surface area contributed by atoms with Gasteiger partial charge >= 0.3 is 0 Å². The number of fused-ring (bicyclic) bond motifs is 1. The maximum Gasteiger partial charge on any atom is 0.243 e. The van der Waals surface area contributed by atoms with Crippen LogP contribution in [0, 0.1) is 12.8 Å². The Labute approximate surface area is 189 Å². The van der Waals surface area contributed by atoms with Gasteiger partial charge in [-0.1, -0.05) is 24.1 Å². The Morgan fingerprint density at radius 2 is 1.81 bits per heavy atom. The van der Waals surface area contributed by atoms with Crippen LogP contribution in [0.3, 0.4) is 0 Å². The number of anilines is 2. The lowest BCUT2D eigenvalue weighted by molar-refractivity contribution is -0.125. The third kappa shape index (κ3) is 4.29. The first-order valence-corrected chi connectivity index (χ1v) is 12.4. The van der Waals surface area contributed by atoms with E-state index in [0.717, 1.165) is 40.4 Å². The monoisotopic (exact) mass is 455 g/mol. The van der Waals surface area contributed by atoms with E-state index < -0.39 is 15.9 Å². The van der Waals surface area contributed by atoms with Crippen LogP contribution in [-0.2, 0) is 26.0 Å². The van der Waals surface area contributed by atoms with Crippen LogP contribution in [0.25, 0.3) is 0 Å². The zero-order valence-electron chi connectivity index (χ0n) is 18.7. The highest BCUT2D eigenvalue weighted by atomic mass is 32.2. The van der Waals surface area contributed by atoms with Gasteiger partial charge in [0.15, 0.2) is 0 Å². The van der Waals surface area contributed by atoms with E-state index in [1.807, 2.05) is 30.9 Å². The molecule has 0 unspecified atom stereocenters. The van der Waals surface area contributed by atoms with E-state index in [9.17, 15) is 18.0 Å². The summed E-state index contributed by atoms with van der Waals surface area (Å²) >= 11 is 0. The summed E-state index contributed by atoms with van der Waals surface area (Å²) in [5.74, 6) is -0.181. The number of carbonyl (C=O) groups excluding carboxylic acids is 2. The largest absolute Gasteiger partial charge is 0.325 e. The zero-order chi connectivity index (χ0) is 23.0. The maximum absolute atomic E-state index is 13.1. The third-order valence-corrected chi connectivity index (χ3v) is 8.17. The number of nitrogens with zero attached hydrogens (tertiary/aromatic N) is 2. The molecule has 2 aliphatic rings. The van der Waals surface area contributed by atoms with Gasteiger partial charge in [0.2, 0.25) is 21.8 Å². The summed E-state index contributed by atoms with van der Waals surface area (Å²) in [6, 6.07) is 12.2. The first-order valence-electron chi connectivity index (χ1n) is 11.0. The molecule has 0 saturated heterocycles. The van der Waals surface area contributed by atoms with Crippen molar-refractivity contribution >= 4 is 33.2 Å². The lowest BCUT2D eigenvalue weighted by Crippen LogP contribution is -2.42. The predicted molar refractivity (Wildman–Crippen MR) is 124 cm³/mol. The molecule has 0 spiro atoms. The van der Waals surface area contributed by atoms with Crippen LogP contribution in [0.2, 0.25) is 0 Å². The van der Waals surface area contributed by atoms with Gasteiger partial charge in [-0.15, -0.1) is 0 Å². The van der Waals surface area contributed by atoms with Gasteiger partial charge in [-0.3, -0.25) is 9.59 Å².